The Morgan fingerprint density at radius 3 is 1.88 bits per heavy atom. The van der Waals surface area contributed by atoms with Gasteiger partial charge in [0, 0.05) is 34.7 Å². The zero-order chi connectivity index (χ0) is 18.7. The lowest BCUT2D eigenvalue weighted by atomic mass is 10.4. The summed E-state index contributed by atoms with van der Waals surface area (Å²) in [4.78, 5) is 12.8. The van der Waals surface area contributed by atoms with Crippen LogP contribution in [0.5, 0.6) is 0 Å². The van der Waals surface area contributed by atoms with E-state index in [1.165, 1.54) is 51.3 Å². The molecule has 0 heterocycles. The Kier molecular flexibility index (Phi) is 6.51. The van der Waals surface area contributed by atoms with Gasteiger partial charge in [-0.25, -0.2) is 21.1 Å². The quantitative estimate of drug-likeness (QED) is 0.668. The summed E-state index contributed by atoms with van der Waals surface area (Å²) in [7, 11) is -1.94. The fourth-order valence-electron chi connectivity index (χ4n) is 1.81. The number of hydrogen-bond acceptors (Lipinski definition) is 5. The van der Waals surface area contributed by atoms with Crippen LogP contribution in [0, 0.1) is 0 Å². The minimum Gasteiger partial charge on any atom is -0.348 e. The standard InChI is InChI=1S/C14H23N3O5S2/c1-6-17(11-14(18)15(2)3)24(21,22)13-9-7-8-12(10-13)23(19,20)16(4)5/h7-10H,6,11H2,1-5H3. The molecule has 0 unspecified atom stereocenters. The van der Waals surface area contributed by atoms with Crippen molar-refractivity contribution < 1.29 is 21.6 Å². The minimum absolute atomic E-state index is 0.0899. The van der Waals surface area contributed by atoms with Gasteiger partial charge in [0.05, 0.1) is 16.3 Å². The smallest absolute Gasteiger partial charge is 0.243 e. The Labute approximate surface area is 143 Å². The van der Waals surface area contributed by atoms with Crippen molar-refractivity contribution in [3.05, 3.63) is 24.3 Å². The van der Waals surface area contributed by atoms with Gasteiger partial charge in [-0.15, -0.1) is 0 Å². The SMILES string of the molecule is CCN(CC(=O)N(C)C)S(=O)(=O)c1cccc(S(=O)(=O)N(C)C)c1. The van der Waals surface area contributed by atoms with Gasteiger partial charge in [-0.1, -0.05) is 13.0 Å². The highest BCUT2D eigenvalue weighted by atomic mass is 32.2. The van der Waals surface area contributed by atoms with Gasteiger partial charge >= 0.3 is 0 Å². The van der Waals surface area contributed by atoms with Crippen LogP contribution >= 0.6 is 0 Å². The molecule has 1 amide bonds. The largest absolute Gasteiger partial charge is 0.348 e. The number of carbonyl (C=O) groups is 1. The van der Waals surface area contributed by atoms with Crippen LogP contribution < -0.4 is 0 Å². The third kappa shape index (κ3) is 4.32. The first-order chi connectivity index (χ1) is 10.9. The Morgan fingerprint density at radius 1 is 0.958 bits per heavy atom. The molecule has 0 radical (unpaired) electrons. The summed E-state index contributed by atoms with van der Waals surface area (Å²) < 4.78 is 51.8. The van der Waals surface area contributed by atoms with E-state index in [9.17, 15) is 21.6 Å². The molecule has 0 saturated carbocycles. The summed E-state index contributed by atoms with van der Waals surface area (Å²) in [5, 5.41) is 0. The number of benzene rings is 1. The van der Waals surface area contributed by atoms with Gasteiger partial charge in [-0.2, -0.15) is 4.31 Å². The number of sulfonamides is 2. The summed E-state index contributed by atoms with van der Waals surface area (Å²) in [5.41, 5.74) is 0. The van der Waals surface area contributed by atoms with E-state index < -0.39 is 20.0 Å². The highest BCUT2D eigenvalue weighted by Gasteiger charge is 2.27. The molecule has 8 nitrogen and oxygen atoms in total. The van der Waals surface area contributed by atoms with Crippen LogP contribution in [0.4, 0.5) is 0 Å². The average molecular weight is 377 g/mol. The molecular weight excluding hydrogens is 354 g/mol. The molecule has 0 bridgehead atoms. The first kappa shape index (κ1) is 20.6. The highest BCUT2D eigenvalue weighted by molar-refractivity contribution is 7.90. The zero-order valence-electron chi connectivity index (χ0n) is 14.4. The van der Waals surface area contributed by atoms with Crippen molar-refractivity contribution in [3.8, 4) is 0 Å². The molecular formula is C14H23N3O5S2. The molecule has 0 spiro atoms. The molecule has 0 saturated heterocycles. The first-order valence-electron chi connectivity index (χ1n) is 7.17. The van der Waals surface area contributed by atoms with E-state index in [1.807, 2.05) is 0 Å². The monoisotopic (exact) mass is 377 g/mol. The highest BCUT2D eigenvalue weighted by Crippen LogP contribution is 2.21. The van der Waals surface area contributed by atoms with E-state index in [-0.39, 0.29) is 28.8 Å². The minimum atomic E-state index is -3.99. The Bertz CT molecular complexity index is 801. The van der Waals surface area contributed by atoms with Crippen LogP contribution in [-0.4, -0.2) is 77.5 Å². The summed E-state index contributed by atoms with van der Waals surface area (Å²) in [5.74, 6) is -0.363. The fourth-order valence-corrected chi connectivity index (χ4v) is 4.28. The van der Waals surface area contributed by atoms with Crippen LogP contribution in [0.25, 0.3) is 0 Å². The van der Waals surface area contributed by atoms with Crippen molar-refractivity contribution >= 4 is 26.0 Å². The van der Waals surface area contributed by atoms with Crippen LogP contribution in [0.2, 0.25) is 0 Å². The third-order valence-corrected chi connectivity index (χ3v) is 7.11. The zero-order valence-corrected chi connectivity index (χ0v) is 16.1. The lowest BCUT2D eigenvalue weighted by molar-refractivity contribution is -0.128. The molecule has 0 fully saturated rings. The van der Waals surface area contributed by atoms with Gasteiger partial charge < -0.3 is 4.90 Å². The van der Waals surface area contributed by atoms with E-state index in [4.69, 9.17) is 0 Å². The van der Waals surface area contributed by atoms with Gasteiger partial charge in [0.25, 0.3) is 0 Å². The molecule has 10 heteroatoms. The number of carbonyl (C=O) groups excluding carboxylic acids is 1. The second-order valence-corrected chi connectivity index (χ2v) is 9.57. The molecule has 1 aromatic rings. The Balaban J connectivity index is 3.31. The predicted octanol–water partition coefficient (Wildman–Crippen LogP) is 0.0357. The van der Waals surface area contributed by atoms with Crippen molar-refractivity contribution in [2.24, 2.45) is 0 Å². The van der Waals surface area contributed by atoms with Crippen LogP contribution in [-0.2, 0) is 24.8 Å². The number of rotatable bonds is 7. The molecule has 1 rings (SSSR count). The van der Waals surface area contributed by atoms with Crippen molar-refractivity contribution in [3.63, 3.8) is 0 Å². The molecule has 0 N–H and O–H groups in total. The van der Waals surface area contributed by atoms with Gasteiger partial charge in [0.15, 0.2) is 0 Å². The van der Waals surface area contributed by atoms with E-state index in [1.54, 1.807) is 6.92 Å². The number of nitrogens with zero attached hydrogens (tertiary/aromatic N) is 3. The summed E-state index contributed by atoms with van der Waals surface area (Å²) in [6, 6.07) is 5.11. The molecule has 0 atom stereocenters. The maximum atomic E-state index is 12.7. The number of likely N-dealkylation sites (N-methyl/N-ethyl adjacent to an activating group) is 2. The van der Waals surface area contributed by atoms with E-state index >= 15 is 0 Å². The van der Waals surface area contributed by atoms with Crippen LogP contribution in [0.3, 0.4) is 0 Å². The van der Waals surface area contributed by atoms with E-state index in [2.05, 4.69) is 0 Å². The van der Waals surface area contributed by atoms with Crippen LogP contribution in [0.1, 0.15) is 6.92 Å². The number of hydrogen-bond donors (Lipinski definition) is 0. The van der Waals surface area contributed by atoms with E-state index in [0.29, 0.717) is 0 Å². The fraction of sp³-hybridized carbons (Fsp3) is 0.500. The maximum Gasteiger partial charge on any atom is 0.243 e. The normalized spacial score (nSPS) is 12.6. The van der Waals surface area contributed by atoms with Gasteiger partial charge in [-0.05, 0) is 18.2 Å². The van der Waals surface area contributed by atoms with Crippen LogP contribution in [0.15, 0.2) is 34.1 Å². The lowest BCUT2D eigenvalue weighted by Crippen LogP contribution is -2.40. The summed E-state index contributed by atoms with van der Waals surface area (Å²) >= 11 is 0. The van der Waals surface area contributed by atoms with Crippen molar-refractivity contribution in [1.29, 1.82) is 0 Å². The molecule has 0 aliphatic carbocycles. The molecule has 136 valence electrons. The Hall–Kier alpha value is -1.49. The van der Waals surface area contributed by atoms with Gasteiger partial charge in [0.1, 0.15) is 0 Å². The molecule has 24 heavy (non-hydrogen) atoms. The van der Waals surface area contributed by atoms with Gasteiger partial charge in [0.2, 0.25) is 26.0 Å². The predicted molar refractivity (Wildman–Crippen MR) is 90.4 cm³/mol. The average Bonchev–Trinajstić information content (AvgIpc) is 2.51. The maximum absolute atomic E-state index is 12.7. The Morgan fingerprint density at radius 2 is 1.46 bits per heavy atom. The van der Waals surface area contributed by atoms with Crippen molar-refractivity contribution in [2.45, 2.75) is 16.7 Å². The second kappa shape index (κ2) is 7.60. The number of amides is 1. The molecule has 0 aliphatic heterocycles. The summed E-state index contributed by atoms with van der Waals surface area (Å²) in [6.07, 6.45) is 0. The second-order valence-electron chi connectivity index (χ2n) is 5.48. The lowest BCUT2D eigenvalue weighted by Gasteiger charge is -2.22. The third-order valence-electron chi connectivity index (χ3n) is 3.38. The molecule has 0 aliphatic rings. The molecule has 1 aromatic carbocycles. The van der Waals surface area contributed by atoms with Gasteiger partial charge in [-0.3, -0.25) is 4.79 Å². The topological polar surface area (TPSA) is 95.1 Å². The van der Waals surface area contributed by atoms with Crippen molar-refractivity contribution in [1.82, 2.24) is 13.5 Å². The van der Waals surface area contributed by atoms with Crippen molar-refractivity contribution in [2.75, 3.05) is 41.3 Å². The summed E-state index contributed by atoms with van der Waals surface area (Å²) in [6.45, 7) is 1.39. The first-order valence-corrected chi connectivity index (χ1v) is 10.1. The van der Waals surface area contributed by atoms with E-state index in [0.717, 1.165) is 14.7 Å². The molecule has 0 aromatic heterocycles.